The first-order valence-electron chi connectivity index (χ1n) is 6.91. The molecule has 0 saturated heterocycles. The summed E-state index contributed by atoms with van der Waals surface area (Å²) >= 11 is 9.42. The monoisotopic (exact) mass is 367 g/mol. The van der Waals surface area contributed by atoms with Gasteiger partial charge < -0.3 is 4.90 Å². The Balaban J connectivity index is 2.30. The van der Waals surface area contributed by atoms with E-state index in [4.69, 9.17) is 11.6 Å². The number of anilines is 1. The fourth-order valence-corrected chi connectivity index (χ4v) is 2.54. The second kappa shape index (κ2) is 6.75. The predicted molar refractivity (Wildman–Crippen MR) is 92.1 cm³/mol. The van der Waals surface area contributed by atoms with Gasteiger partial charge in [0.2, 0.25) is 0 Å². The van der Waals surface area contributed by atoms with E-state index in [9.17, 15) is 0 Å². The smallest absolute Gasteiger partial charge is 0.134 e. The Labute approximate surface area is 139 Å². The molecule has 1 aromatic carbocycles. The molecule has 0 aliphatic heterocycles. The van der Waals surface area contributed by atoms with Crippen molar-refractivity contribution in [3.63, 3.8) is 0 Å². The Bertz CT molecular complexity index is 613. The van der Waals surface area contributed by atoms with Crippen LogP contribution in [-0.2, 0) is 0 Å². The Morgan fingerprint density at radius 1 is 1.10 bits per heavy atom. The van der Waals surface area contributed by atoms with E-state index in [0.29, 0.717) is 5.92 Å². The molecule has 0 spiro atoms. The van der Waals surface area contributed by atoms with E-state index in [-0.39, 0.29) is 6.04 Å². The molecule has 0 aliphatic carbocycles. The summed E-state index contributed by atoms with van der Waals surface area (Å²) in [5.74, 6) is 2.04. The van der Waals surface area contributed by atoms with Crippen LogP contribution in [0.1, 0.15) is 44.1 Å². The van der Waals surface area contributed by atoms with Gasteiger partial charge >= 0.3 is 0 Å². The lowest BCUT2D eigenvalue weighted by Gasteiger charge is -2.27. The van der Waals surface area contributed by atoms with Gasteiger partial charge in [-0.3, -0.25) is 0 Å². The Hall–Kier alpha value is -1.13. The largest absolute Gasteiger partial charge is 0.353 e. The number of benzene rings is 1. The summed E-state index contributed by atoms with van der Waals surface area (Å²) in [5, 5.41) is 0.750. The number of aromatic nitrogens is 2. The molecule has 1 unspecified atom stereocenters. The molecule has 0 aliphatic rings. The Morgan fingerprint density at radius 2 is 1.71 bits per heavy atom. The molecule has 0 bridgehead atoms. The van der Waals surface area contributed by atoms with E-state index in [1.165, 1.54) is 5.56 Å². The van der Waals surface area contributed by atoms with Crippen molar-refractivity contribution in [2.75, 3.05) is 11.9 Å². The molecule has 112 valence electrons. The van der Waals surface area contributed by atoms with E-state index < -0.39 is 0 Å². The molecule has 0 saturated carbocycles. The molecule has 21 heavy (non-hydrogen) atoms. The van der Waals surface area contributed by atoms with Crippen molar-refractivity contribution in [2.45, 2.75) is 32.7 Å². The molecular weight excluding hydrogens is 350 g/mol. The molecule has 0 radical (unpaired) electrons. The van der Waals surface area contributed by atoms with Crippen molar-refractivity contribution in [2.24, 2.45) is 0 Å². The summed E-state index contributed by atoms with van der Waals surface area (Å²) in [5.41, 5.74) is 1.20. The molecule has 2 rings (SSSR count). The van der Waals surface area contributed by atoms with E-state index in [1.54, 1.807) is 0 Å². The van der Waals surface area contributed by atoms with Crippen LogP contribution in [0.5, 0.6) is 0 Å². The number of halogens is 2. The summed E-state index contributed by atoms with van der Waals surface area (Å²) in [7, 11) is 2.04. The van der Waals surface area contributed by atoms with Gasteiger partial charge in [-0.2, -0.15) is 0 Å². The van der Waals surface area contributed by atoms with Crippen LogP contribution >= 0.6 is 27.5 Å². The van der Waals surface area contributed by atoms with Crippen LogP contribution in [0.15, 0.2) is 34.9 Å². The molecular formula is C16H19BrClN3. The van der Waals surface area contributed by atoms with E-state index >= 15 is 0 Å². The third kappa shape index (κ3) is 3.95. The first kappa shape index (κ1) is 16.2. The normalized spacial score (nSPS) is 12.5. The predicted octanol–water partition coefficient (Wildman–Crippen LogP) is 5.21. The van der Waals surface area contributed by atoms with Gasteiger partial charge in [0.1, 0.15) is 16.2 Å². The highest BCUT2D eigenvalue weighted by Gasteiger charge is 2.16. The van der Waals surface area contributed by atoms with Crippen molar-refractivity contribution in [3.8, 4) is 0 Å². The maximum absolute atomic E-state index is 5.95. The Morgan fingerprint density at radius 3 is 2.29 bits per heavy atom. The van der Waals surface area contributed by atoms with Gasteiger partial charge in [-0.25, -0.2) is 9.97 Å². The van der Waals surface area contributed by atoms with Gasteiger partial charge in [-0.05, 0) is 40.5 Å². The molecule has 5 heteroatoms. The Kier molecular flexibility index (Phi) is 5.22. The first-order valence-corrected chi connectivity index (χ1v) is 8.08. The molecule has 1 atom stereocenters. The first-order chi connectivity index (χ1) is 9.88. The second-order valence-corrected chi connectivity index (χ2v) is 6.65. The summed E-state index contributed by atoms with van der Waals surface area (Å²) < 4.78 is 0.811. The zero-order valence-electron chi connectivity index (χ0n) is 12.6. The van der Waals surface area contributed by atoms with Gasteiger partial charge in [0, 0.05) is 24.1 Å². The zero-order chi connectivity index (χ0) is 15.6. The van der Waals surface area contributed by atoms with E-state index in [0.717, 1.165) is 21.3 Å². The highest BCUT2D eigenvalue weighted by atomic mass is 79.9. The number of rotatable bonds is 4. The third-order valence-electron chi connectivity index (χ3n) is 3.51. The molecule has 1 aromatic heterocycles. The van der Waals surface area contributed by atoms with Crippen molar-refractivity contribution in [1.82, 2.24) is 9.97 Å². The van der Waals surface area contributed by atoms with Gasteiger partial charge in [0.25, 0.3) is 0 Å². The molecule has 0 N–H and O–H groups in total. The highest BCUT2D eigenvalue weighted by Crippen LogP contribution is 2.27. The van der Waals surface area contributed by atoms with Gasteiger partial charge in [-0.1, -0.05) is 37.6 Å². The van der Waals surface area contributed by atoms with Gasteiger partial charge in [0.15, 0.2) is 0 Å². The van der Waals surface area contributed by atoms with Crippen LogP contribution in [0.25, 0.3) is 0 Å². The summed E-state index contributed by atoms with van der Waals surface area (Å²) in [4.78, 5) is 11.2. The fraction of sp³-hybridized carbons (Fsp3) is 0.375. The SMILES string of the molecule is CC(C)c1nc(Br)cc(N(C)C(C)c2ccc(Cl)cc2)n1. The zero-order valence-corrected chi connectivity index (χ0v) is 15.0. The van der Waals surface area contributed by atoms with Gasteiger partial charge in [0.05, 0.1) is 6.04 Å². The summed E-state index contributed by atoms with van der Waals surface area (Å²) in [6.45, 7) is 6.33. The van der Waals surface area contributed by atoms with Crippen LogP contribution in [0.4, 0.5) is 5.82 Å². The highest BCUT2D eigenvalue weighted by molar-refractivity contribution is 9.10. The van der Waals surface area contributed by atoms with Crippen molar-refractivity contribution < 1.29 is 0 Å². The molecule has 3 nitrogen and oxygen atoms in total. The van der Waals surface area contributed by atoms with Crippen molar-refractivity contribution in [3.05, 3.63) is 51.3 Å². The second-order valence-electron chi connectivity index (χ2n) is 5.40. The van der Waals surface area contributed by atoms with E-state index in [2.05, 4.69) is 51.6 Å². The topological polar surface area (TPSA) is 29.0 Å². The van der Waals surface area contributed by atoms with Crippen molar-refractivity contribution >= 4 is 33.3 Å². The van der Waals surface area contributed by atoms with Crippen molar-refractivity contribution in [1.29, 1.82) is 0 Å². The lowest BCUT2D eigenvalue weighted by atomic mass is 10.1. The van der Waals surface area contributed by atoms with Crippen LogP contribution < -0.4 is 4.90 Å². The van der Waals surface area contributed by atoms with Gasteiger partial charge in [-0.15, -0.1) is 0 Å². The minimum absolute atomic E-state index is 0.198. The average molecular weight is 369 g/mol. The summed E-state index contributed by atoms with van der Waals surface area (Å²) in [6.07, 6.45) is 0. The fourth-order valence-electron chi connectivity index (χ4n) is 2.03. The van der Waals surface area contributed by atoms with Crippen LogP contribution in [-0.4, -0.2) is 17.0 Å². The maximum atomic E-state index is 5.95. The molecule has 2 aromatic rings. The molecule has 1 heterocycles. The standard InChI is InChI=1S/C16H19BrClN3/c1-10(2)16-19-14(17)9-15(20-16)21(4)11(3)12-5-7-13(18)8-6-12/h5-11H,1-4H3. The molecule has 0 amide bonds. The lowest BCUT2D eigenvalue weighted by Crippen LogP contribution is -2.23. The lowest BCUT2D eigenvalue weighted by molar-refractivity contribution is 0.706. The van der Waals surface area contributed by atoms with Crippen LogP contribution in [0.3, 0.4) is 0 Å². The maximum Gasteiger partial charge on any atom is 0.134 e. The van der Waals surface area contributed by atoms with Crippen LogP contribution in [0, 0.1) is 0 Å². The minimum atomic E-state index is 0.198. The quantitative estimate of drug-likeness (QED) is 0.693. The van der Waals surface area contributed by atoms with E-state index in [1.807, 2.05) is 37.4 Å². The van der Waals surface area contributed by atoms with Crippen LogP contribution in [0.2, 0.25) is 5.02 Å². The number of hydrogen-bond donors (Lipinski definition) is 0. The minimum Gasteiger partial charge on any atom is -0.353 e. The summed E-state index contributed by atoms with van der Waals surface area (Å²) in [6, 6.07) is 10.1. The third-order valence-corrected chi connectivity index (χ3v) is 4.17. The number of hydrogen-bond acceptors (Lipinski definition) is 3. The number of nitrogens with zero attached hydrogens (tertiary/aromatic N) is 3. The average Bonchev–Trinajstić information content (AvgIpc) is 2.45. The molecule has 0 fully saturated rings.